The van der Waals surface area contributed by atoms with Gasteiger partial charge in [0.15, 0.2) is 0 Å². The summed E-state index contributed by atoms with van der Waals surface area (Å²) in [6.45, 7) is 10.1. The number of aromatic nitrogens is 2. The number of carboxylic acids is 1. The van der Waals surface area contributed by atoms with Crippen LogP contribution in [-0.4, -0.2) is 32.9 Å². The zero-order valence-corrected chi connectivity index (χ0v) is 13.7. The third-order valence-electron chi connectivity index (χ3n) is 3.40. The lowest BCUT2D eigenvalue weighted by Gasteiger charge is -2.29. The van der Waals surface area contributed by atoms with Crippen LogP contribution in [0.2, 0.25) is 0 Å². The third kappa shape index (κ3) is 3.36. The normalized spacial score (nSPS) is 16.1. The molecule has 2 unspecified atom stereocenters. The minimum absolute atomic E-state index is 0.00477. The van der Waals surface area contributed by atoms with Gasteiger partial charge in [0.05, 0.1) is 21.9 Å². The molecule has 0 aliphatic heterocycles. The Morgan fingerprint density at radius 1 is 1.58 bits per heavy atom. The number of carboxylic acid groups (broad SMARTS) is 1. The molecular formula is C13H22BrN3O2. The molecule has 0 aliphatic carbocycles. The molecule has 0 aliphatic rings. The Labute approximate surface area is 122 Å². The molecule has 0 saturated heterocycles. The van der Waals surface area contributed by atoms with Gasteiger partial charge >= 0.3 is 5.97 Å². The van der Waals surface area contributed by atoms with Crippen LogP contribution >= 0.6 is 15.9 Å². The van der Waals surface area contributed by atoms with Crippen molar-refractivity contribution in [3.05, 3.63) is 15.9 Å². The van der Waals surface area contributed by atoms with E-state index >= 15 is 0 Å². The highest BCUT2D eigenvalue weighted by Crippen LogP contribution is 2.27. The topological polar surface area (TPSA) is 67.2 Å². The molecule has 108 valence electrons. The zero-order chi connectivity index (χ0) is 14.8. The summed E-state index contributed by atoms with van der Waals surface area (Å²) in [5.41, 5.74) is 1.01. The Hall–Kier alpha value is -0.880. The highest BCUT2D eigenvalue weighted by Gasteiger charge is 2.34. The van der Waals surface area contributed by atoms with E-state index in [1.807, 2.05) is 32.4 Å². The summed E-state index contributed by atoms with van der Waals surface area (Å²) in [4.78, 5) is 11.4. The number of aryl methyl sites for hydroxylation is 1. The van der Waals surface area contributed by atoms with Crippen LogP contribution in [0, 0.1) is 13.8 Å². The molecule has 6 heteroatoms. The number of carbonyl (C=O) groups is 1. The number of likely N-dealkylation sites (N-methyl/N-ethyl adjacent to an activating group) is 1. The van der Waals surface area contributed by atoms with Gasteiger partial charge in [0.25, 0.3) is 0 Å². The first kappa shape index (κ1) is 16.2. The molecule has 0 amide bonds. The highest BCUT2D eigenvalue weighted by molar-refractivity contribution is 9.10. The van der Waals surface area contributed by atoms with Gasteiger partial charge in [-0.1, -0.05) is 6.92 Å². The average Bonchev–Trinajstić information content (AvgIpc) is 2.57. The number of halogens is 1. The van der Waals surface area contributed by atoms with Gasteiger partial charge in [-0.25, -0.2) is 0 Å². The maximum atomic E-state index is 11.4. The first-order valence-corrected chi connectivity index (χ1v) is 7.21. The van der Waals surface area contributed by atoms with Crippen molar-refractivity contribution in [1.29, 1.82) is 0 Å². The minimum Gasteiger partial charge on any atom is -0.480 e. The van der Waals surface area contributed by atoms with Gasteiger partial charge in [-0.15, -0.1) is 0 Å². The molecule has 0 aromatic carbocycles. The molecule has 2 atom stereocenters. The molecular weight excluding hydrogens is 310 g/mol. The molecule has 1 rings (SSSR count). The van der Waals surface area contributed by atoms with Gasteiger partial charge in [-0.05, 0) is 56.6 Å². The van der Waals surface area contributed by atoms with Gasteiger partial charge < -0.3 is 10.4 Å². The van der Waals surface area contributed by atoms with Crippen LogP contribution in [0.25, 0.3) is 0 Å². The van der Waals surface area contributed by atoms with Crippen LogP contribution in [0.5, 0.6) is 0 Å². The molecule has 2 N–H and O–H groups in total. The number of hydrogen-bond acceptors (Lipinski definition) is 3. The van der Waals surface area contributed by atoms with E-state index in [1.165, 1.54) is 0 Å². The van der Waals surface area contributed by atoms with E-state index in [9.17, 15) is 9.90 Å². The van der Waals surface area contributed by atoms with Crippen molar-refractivity contribution in [2.24, 2.45) is 0 Å². The lowest BCUT2D eigenvalue weighted by molar-refractivity contribution is -0.144. The van der Waals surface area contributed by atoms with E-state index in [-0.39, 0.29) is 6.04 Å². The van der Waals surface area contributed by atoms with Crippen molar-refractivity contribution in [2.75, 3.05) is 6.54 Å². The average molecular weight is 332 g/mol. The Bertz CT molecular complexity index is 473. The molecule has 1 aromatic heterocycles. The quantitative estimate of drug-likeness (QED) is 0.840. The van der Waals surface area contributed by atoms with Crippen LogP contribution in [0.1, 0.15) is 44.6 Å². The van der Waals surface area contributed by atoms with E-state index in [1.54, 1.807) is 6.92 Å². The van der Waals surface area contributed by atoms with Gasteiger partial charge in [0.2, 0.25) is 0 Å². The van der Waals surface area contributed by atoms with Crippen molar-refractivity contribution in [3.8, 4) is 0 Å². The Morgan fingerprint density at radius 3 is 2.53 bits per heavy atom. The summed E-state index contributed by atoms with van der Waals surface area (Å²) in [6, 6.07) is 0.00477. The van der Waals surface area contributed by atoms with Gasteiger partial charge in [0.1, 0.15) is 5.54 Å². The van der Waals surface area contributed by atoms with Crippen LogP contribution in [0.3, 0.4) is 0 Å². The summed E-state index contributed by atoms with van der Waals surface area (Å²) in [6.07, 6.45) is 0.477. The summed E-state index contributed by atoms with van der Waals surface area (Å²) >= 11 is 3.49. The fraction of sp³-hybridized carbons (Fsp3) is 0.692. The first-order valence-electron chi connectivity index (χ1n) is 6.42. The molecule has 0 saturated carbocycles. The smallest absolute Gasteiger partial charge is 0.323 e. The summed E-state index contributed by atoms with van der Waals surface area (Å²) in [5, 5.41) is 16.9. The predicted molar refractivity (Wildman–Crippen MR) is 78.4 cm³/mol. The minimum atomic E-state index is -0.938. The number of rotatable bonds is 6. The van der Waals surface area contributed by atoms with Gasteiger partial charge in [0, 0.05) is 0 Å². The van der Waals surface area contributed by atoms with Crippen LogP contribution in [-0.2, 0) is 4.79 Å². The second-order valence-corrected chi connectivity index (χ2v) is 5.94. The van der Waals surface area contributed by atoms with Crippen molar-refractivity contribution >= 4 is 21.9 Å². The fourth-order valence-electron chi connectivity index (χ4n) is 2.37. The van der Waals surface area contributed by atoms with E-state index in [0.717, 1.165) is 15.9 Å². The Kier molecular flexibility index (Phi) is 5.15. The predicted octanol–water partition coefficient (Wildman–Crippen LogP) is 2.67. The molecule has 0 bridgehead atoms. The largest absolute Gasteiger partial charge is 0.480 e. The van der Waals surface area contributed by atoms with Crippen molar-refractivity contribution in [2.45, 2.75) is 52.6 Å². The number of aliphatic carboxylic acids is 1. The molecule has 0 fully saturated rings. The third-order valence-corrected chi connectivity index (χ3v) is 4.54. The van der Waals surface area contributed by atoms with Crippen LogP contribution < -0.4 is 5.32 Å². The number of hydrogen-bond donors (Lipinski definition) is 2. The SMILES string of the molecule is CCNC(C)(CC(C)n1nc(C)c(Br)c1C)C(=O)O. The van der Waals surface area contributed by atoms with Crippen molar-refractivity contribution in [3.63, 3.8) is 0 Å². The van der Waals surface area contributed by atoms with Crippen molar-refractivity contribution in [1.82, 2.24) is 15.1 Å². The van der Waals surface area contributed by atoms with Crippen LogP contribution in [0.4, 0.5) is 0 Å². The summed E-state index contributed by atoms with van der Waals surface area (Å²) in [5.74, 6) is -0.832. The zero-order valence-electron chi connectivity index (χ0n) is 12.1. The maximum Gasteiger partial charge on any atom is 0.323 e. The van der Waals surface area contributed by atoms with E-state index < -0.39 is 11.5 Å². The van der Waals surface area contributed by atoms with Crippen molar-refractivity contribution < 1.29 is 9.90 Å². The first-order chi connectivity index (χ1) is 8.73. The molecule has 1 heterocycles. The second kappa shape index (κ2) is 6.05. The lowest BCUT2D eigenvalue weighted by Crippen LogP contribution is -2.50. The molecule has 1 aromatic rings. The standard InChI is InChI=1S/C13H22BrN3O2/c1-6-15-13(5,12(18)19)7-8(2)17-10(4)11(14)9(3)16-17/h8,15H,6-7H2,1-5H3,(H,18,19). The van der Waals surface area contributed by atoms with E-state index in [2.05, 4.69) is 26.3 Å². The monoisotopic (exact) mass is 331 g/mol. The summed E-state index contributed by atoms with van der Waals surface area (Å²) in [7, 11) is 0. The molecule has 19 heavy (non-hydrogen) atoms. The van der Waals surface area contributed by atoms with E-state index in [4.69, 9.17) is 0 Å². The fourth-order valence-corrected chi connectivity index (χ4v) is 2.64. The Morgan fingerprint density at radius 2 is 2.16 bits per heavy atom. The lowest BCUT2D eigenvalue weighted by atomic mass is 9.93. The van der Waals surface area contributed by atoms with Gasteiger partial charge in [-0.3, -0.25) is 9.48 Å². The molecule has 0 spiro atoms. The number of nitrogens with zero attached hydrogens (tertiary/aromatic N) is 2. The van der Waals surface area contributed by atoms with Gasteiger partial charge in [-0.2, -0.15) is 5.10 Å². The maximum absolute atomic E-state index is 11.4. The van der Waals surface area contributed by atoms with E-state index in [0.29, 0.717) is 13.0 Å². The molecule has 5 nitrogen and oxygen atoms in total. The number of nitrogens with one attached hydrogen (secondary N) is 1. The Balaban J connectivity index is 2.97. The second-order valence-electron chi connectivity index (χ2n) is 5.15. The molecule has 0 radical (unpaired) electrons. The summed E-state index contributed by atoms with van der Waals surface area (Å²) < 4.78 is 2.87. The van der Waals surface area contributed by atoms with Crippen LogP contribution in [0.15, 0.2) is 4.47 Å². The highest BCUT2D eigenvalue weighted by atomic mass is 79.9.